The number of nitrogens with two attached hydrogens (primary N) is 1. The molecule has 0 saturated carbocycles. The maximum atomic E-state index is 10.5. The lowest BCUT2D eigenvalue weighted by Crippen LogP contribution is -2.07. The highest BCUT2D eigenvalue weighted by Crippen LogP contribution is 2.03. The Morgan fingerprint density at radius 3 is 2.64 bits per heavy atom. The van der Waals surface area contributed by atoms with Crippen molar-refractivity contribution in [2.24, 2.45) is 10.7 Å². The highest BCUT2D eigenvalue weighted by atomic mass is 32.2. The lowest BCUT2D eigenvalue weighted by molar-refractivity contribution is 0.570. The normalized spacial score (nSPS) is 15.6. The Hall–Kier alpha value is -0.680. The molecule has 0 spiro atoms. The van der Waals surface area contributed by atoms with Crippen LogP contribution in [-0.2, 0) is 11.1 Å². The summed E-state index contributed by atoms with van der Waals surface area (Å²) in [6.45, 7) is 2.12. The molecular weight excluding hydrogens is 200 g/mol. The summed E-state index contributed by atoms with van der Waals surface area (Å²) < 4.78 is 19.2. The van der Waals surface area contributed by atoms with E-state index in [1.807, 2.05) is 0 Å². The van der Waals surface area contributed by atoms with Crippen LogP contribution in [0.3, 0.4) is 0 Å². The van der Waals surface area contributed by atoms with Gasteiger partial charge in [0.2, 0.25) is 11.1 Å². The van der Waals surface area contributed by atoms with Gasteiger partial charge < -0.3 is 10.3 Å². The second kappa shape index (κ2) is 7.70. The molecule has 4 nitrogen and oxygen atoms in total. The smallest absolute Gasteiger partial charge is 0.203 e. The molecule has 0 rings (SSSR count). The Morgan fingerprint density at radius 1 is 1.57 bits per heavy atom. The summed E-state index contributed by atoms with van der Waals surface area (Å²) in [7, 11) is 1.66. The van der Waals surface area contributed by atoms with Crippen LogP contribution in [0.25, 0.3) is 0 Å². The van der Waals surface area contributed by atoms with Crippen molar-refractivity contribution in [3.05, 3.63) is 11.1 Å². The van der Waals surface area contributed by atoms with Crippen molar-refractivity contribution in [2.75, 3.05) is 7.05 Å². The van der Waals surface area contributed by atoms with Crippen LogP contribution in [-0.4, -0.2) is 21.5 Å². The fraction of sp³-hybridized carbons (Fsp3) is 0.667. The average molecular weight is 218 g/mol. The molecule has 14 heavy (non-hydrogen) atoms. The molecule has 0 aromatic heterocycles. The maximum Gasteiger partial charge on any atom is 0.203 e. The monoisotopic (exact) mass is 218 g/mol. The van der Waals surface area contributed by atoms with Gasteiger partial charge in [-0.25, -0.2) is 4.21 Å². The zero-order chi connectivity index (χ0) is 11.0. The van der Waals surface area contributed by atoms with Crippen LogP contribution in [0.5, 0.6) is 0 Å². The van der Waals surface area contributed by atoms with Gasteiger partial charge in [-0.3, -0.25) is 4.99 Å². The van der Waals surface area contributed by atoms with Crippen LogP contribution in [0, 0.1) is 0 Å². The minimum Gasteiger partial charge on any atom is -0.390 e. The third-order valence-corrected chi connectivity index (χ3v) is 2.36. The van der Waals surface area contributed by atoms with E-state index in [0.29, 0.717) is 0 Å². The van der Waals surface area contributed by atoms with Crippen LogP contribution >= 0.6 is 0 Å². The van der Waals surface area contributed by atoms with Gasteiger partial charge in [0.1, 0.15) is 5.03 Å². The largest absolute Gasteiger partial charge is 0.390 e. The van der Waals surface area contributed by atoms with Crippen molar-refractivity contribution in [3.8, 4) is 0 Å². The first kappa shape index (κ1) is 13.3. The van der Waals surface area contributed by atoms with E-state index >= 15 is 0 Å². The predicted octanol–water partition coefficient (Wildman–Crippen LogP) is 1.66. The van der Waals surface area contributed by atoms with Crippen LogP contribution in [0.4, 0.5) is 0 Å². The Labute approximate surface area is 87.6 Å². The first-order chi connectivity index (χ1) is 6.61. The number of unbranched alkanes of at least 4 members (excludes halogenated alkanes) is 2. The van der Waals surface area contributed by atoms with Gasteiger partial charge in [-0.05, 0) is 18.9 Å². The van der Waals surface area contributed by atoms with E-state index in [1.54, 1.807) is 7.05 Å². The third-order valence-electron chi connectivity index (χ3n) is 1.83. The van der Waals surface area contributed by atoms with E-state index < -0.39 is 11.1 Å². The number of allylic oxidation sites excluding steroid dienone is 1. The van der Waals surface area contributed by atoms with E-state index in [2.05, 4.69) is 11.9 Å². The highest BCUT2D eigenvalue weighted by molar-refractivity contribution is 7.83. The SMILES string of the molecule is CCCCCC(C=C(N)S(=O)O)=NC. The van der Waals surface area contributed by atoms with Crippen molar-refractivity contribution in [1.29, 1.82) is 0 Å². The van der Waals surface area contributed by atoms with Gasteiger partial charge in [-0.1, -0.05) is 19.8 Å². The summed E-state index contributed by atoms with van der Waals surface area (Å²) in [6.07, 6.45) is 5.59. The zero-order valence-corrected chi connectivity index (χ0v) is 9.51. The predicted molar refractivity (Wildman–Crippen MR) is 60.5 cm³/mol. The van der Waals surface area contributed by atoms with Gasteiger partial charge >= 0.3 is 0 Å². The lowest BCUT2D eigenvalue weighted by atomic mass is 10.1. The minimum atomic E-state index is -2.08. The second-order valence-electron chi connectivity index (χ2n) is 2.97. The maximum absolute atomic E-state index is 10.5. The van der Waals surface area contributed by atoms with Gasteiger partial charge in [-0.2, -0.15) is 0 Å². The van der Waals surface area contributed by atoms with Crippen molar-refractivity contribution < 1.29 is 8.76 Å². The van der Waals surface area contributed by atoms with Crippen molar-refractivity contribution in [1.82, 2.24) is 0 Å². The van der Waals surface area contributed by atoms with Gasteiger partial charge in [0, 0.05) is 12.8 Å². The molecule has 1 unspecified atom stereocenters. The number of hydrogen-bond donors (Lipinski definition) is 2. The van der Waals surface area contributed by atoms with Gasteiger partial charge in [0.05, 0.1) is 0 Å². The molecule has 0 amide bonds. The Morgan fingerprint density at radius 2 is 2.21 bits per heavy atom. The number of rotatable bonds is 6. The summed E-state index contributed by atoms with van der Waals surface area (Å²) >= 11 is -2.08. The standard InChI is InChI=1S/C9H18N2O2S/c1-3-4-5-6-8(11-2)7-9(10)14(12)13/h7H,3-6,10H2,1-2H3,(H,12,13). The molecule has 0 aromatic carbocycles. The lowest BCUT2D eigenvalue weighted by Gasteiger charge is -2.00. The van der Waals surface area contributed by atoms with Gasteiger partial charge in [0.15, 0.2) is 0 Å². The molecule has 82 valence electrons. The first-order valence-electron chi connectivity index (χ1n) is 4.65. The Kier molecular flexibility index (Phi) is 7.32. The molecule has 0 bridgehead atoms. The molecule has 0 aliphatic heterocycles. The second-order valence-corrected chi connectivity index (χ2v) is 3.94. The molecule has 0 fully saturated rings. The molecule has 0 saturated heterocycles. The van der Waals surface area contributed by atoms with Crippen LogP contribution in [0.2, 0.25) is 0 Å². The molecule has 0 aromatic rings. The summed E-state index contributed by atoms with van der Waals surface area (Å²) in [6, 6.07) is 0. The van der Waals surface area contributed by atoms with E-state index in [4.69, 9.17) is 10.3 Å². The molecule has 0 aliphatic rings. The molecule has 0 aliphatic carbocycles. The third kappa shape index (κ3) is 5.88. The van der Waals surface area contributed by atoms with Crippen LogP contribution < -0.4 is 5.73 Å². The number of aliphatic imine (C=N–C) groups is 1. The van der Waals surface area contributed by atoms with E-state index in [-0.39, 0.29) is 5.03 Å². The zero-order valence-electron chi connectivity index (χ0n) is 8.69. The van der Waals surface area contributed by atoms with Crippen molar-refractivity contribution in [2.45, 2.75) is 32.6 Å². The van der Waals surface area contributed by atoms with Crippen LogP contribution in [0.1, 0.15) is 32.6 Å². The average Bonchev–Trinajstić information content (AvgIpc) is 2.16. The molecule has 5 heteroatoms. The Bertz CT molecular complexity index is 249. The fourth-order valence-electron chi connectivity index (χ4n) is 1.02. The van der Waals surface area contributed by atoms with Gasteiger partial charge in [-0.15, -0.1) is 0 Å². The highest BCUT2D eigenvalue weighted by Gasteiger charge is 2.01. The van der Waals surface area contributed by atoms with E-state index in [0.717, 1.165) is 31.4 Å². The minimum absolute atomic E-state index is 0.0397. The summed E-state index contributed by atoms with van der Waals surface area (Å²) in [5, 5.41) is -0.0397. The number of hydrogen-bond acceptors (Lipinski definition) is 3. The van der Waals surface area contributed by atoms with Gasteiger partial charge in [0.25, 0.3) is 0 Å². The van der Waals surface area contributed by atoms with E-state index in [9.17, 15) is 4.21 Å². The fourth-order valence-corrected chi connectivity index (χ4v) is 1.26. The first-order valence-corrected chi connectivity index (χ1v) is 5.76. The van der Waals surface area contributed by atoms with Crippen LogP contribution in [0.15, 0.2) is 16.1 Å². The topological polar surface area (TPSA) is 75.7 Å². The molecule has 0 radical (unpaired) electrons. The summed E-state index contributed by atoms with van der Waals surface area (Å²) in [4.78, 5) is 4.00. The van der Waals surface area contributed by atoms with E-state index in [1.165, 1.54) is 6.08 Å². The summed E-state index contributed by atoms with van der Waals surface area (Å²) in [5.74, 6) is 0. The Balaban J connectivity index is 4.17. The molecular formula is C9H18N2O2S. The molecule has 1 atom stereocenters. The molecule has 3 N–H and O–H groups in total. The summed E-state index contributed by atoms with van der Waals surface area (Å²) in [5.41, 5.74) is 6.10. The van der Waals surface area contributed by atoms with Crippen molar-refractivity contribution >= 4 is 16.8 Å². The quantitative estimate of drug-likeness (QED) is 0.404. The number of nitrogens with zero attached hydrogens (tertiary/aromatic N) is 1. The van der Waals surface area contributed by atoms with Crippen molar-refractivity contribution in [3.63, 3.8) is 0 Å². The molecule has 0 heterocycles.